The van der Waals surface area contributed by atoms with Crippen LogP contribution < -0.4 is 14.8 Å². The fourth-order valence-electron chi connectivity index (χ4n) is 1.94. The number of hydrogen-bond acceptors (Lipinski definition) is 5. The Kier molecular flexibility index (Phi) is 4.99. The molecule has 2 aromatic rings. The van der Waals surface area contributed by atoms with Crippen LogP contribution in [0, 0.1) is 11.3 Å². The maximum atomic E-state index is 8.71. The molecule has 0 amide bonds. The zero-order chi connectivity index (χ0) is 15.1. The van der Waals surface area contributed by atoms with E-state index in [9.17, 15) is 0 Å². The van der Waals surface area contributed by atoms with Gasteiger partial charge in [-0.2, -0.15) is 5.26 Å². The summed E-state index contributed by atoms with van der Waals surface area (Å²) >= 11 is 0. The molecule has 1 heterocycles. The van der Waals surface area contributed by atoms with Crippen molar-refractivity contribution in [2.24, 2.45) is 0 Å². The quantitative estimate of drug-likeness (QED) is 0.882. The van der Waals surface area contributed by atoms with Crippen LogP contribution in [0.15, 0.2) is 36.5 Å². The minimum Gasteiger partial charge on any atom is -0.493 e. The lowest BCUT2D eigenvalue weighted by Gasteiger charge is -2.10. The van der Waals surface area contributed by atoms with E-state index in [-0.39, 0.29) is 0 Å². The number of methoxy groups -OCH3 is 2. The first-order valence-corrected chi connectivity index (χ1v) is 6.57. The first kappa shape index (κ1) is 14.7. The fraction of sp³-hybridized carbons (Fsp3) is 0.250. The van der Waals surface area contributed by atoms with E-state index in [0.717, 1.165) is 35.8 Å². The third-order valence-corrected chi connectivity index (χ3v) is 3.06. The van der Waals surface area contributed by atoms with Gasteiger partial charge in [-0.15, -0.1) is 0 Å². The molecule has 0 aliphatic rings. The number of benzene rings is 1. The van der Waals surface area contributed by atoms with E-state index in [0.29, 0.717) is 5.56 Å². The summed E-state index contributed by atoms with van der Waals surface area (Å²) in [7, 11) is 3.25. The van der Waals surface area contributed by atoms with Gasteiger partial charge in [0.05, 0.1) is 19.8 Å². The van der Waals surface area contributed by atoms with Crippen molar-refractivity contribution in [2.75, 3.05) is 26.1 Å². The van der Waals surface area contributed by atoms with Crippen LogP contribution in [0.2, 0.25) is 0 Å². The summed E-state index contributed by atoms with van der Waals surface area (Å²) in [5.41, 5.74) is 1.70. The molecule has 1 aromatic heterocycles. The monoisotopic (exact) mass is 283 g/mol. The van der Waals surface area contributed by atoms with E-state index in [4.69, 9.17) is 14.7 Å². The van der Waals surface area contributed by atoms with Crippen molar-refractivity contribution in [3.05, 3.63) is 47.7 Å². The summed E-state index contributed by atoms with van der Waals surface area (Å²) in [6, 6.07) is 11.5. The summed E-state index contributed by atoms with van der Waals surface area (Å²) in [5.74, 6) is 2.21. The molecule has 0 unspecified atom stereocenters. The Balaban J connectivity index is 1.92. The number of nitrogens with zero attached hydrogens (tertiary/aromatic N) is 2. The SMILES string of the molecule is COc1ccc(CCNc2ccc(C#N)cn2)cc1OC. The molecule has 0 fully saturated rings. The normalized spacial score (nSPS) is 9.76. The Morgan fingerprint density at radius 1 is 1.14 bits per heavy atom. The lowest BCUT2D eigenvalue weighted by molar-refractivity contribution is 0.354. The van der Waals surface area contributed by atoms with Gasteiger partial charge in [0.2, 0.25) is 0 Å². The highest BCUT2D eigenvalue weighted by Gasteiger charge is 2.04. The van der Waals surface area contributed by atoms with Gasteiger partial charge in [0.15, 0.2) is 11.5 Å². The number of rotatable bonds is 6. The molecule has 5 nitrogen and oxygen atoms in total. The molecule has 0 saturated carbocycles. The first-order valence-electron chi connectivity index (χ1n) is 6.57. The van der Waals surface area contributed by atoms with E-state index < -0.39 is 0 Å². The van der Waals surface area contributed by atoms with E-state index in [1.165, 1.54) is 0 Å². The van der Waals surface area contributed by atoms with Gasteiger partial charge in [-0.25, -0.2) is 4.98 Å². The lowest BCUT2D eigenvalue weighted by Crippen LogP contribution is -2.06. The van der Waals surface area contributed by atoms with Gasteiger partial charge in [0.25, 0.3) is 0 Å². The minimum absolute atomic E-state index is 0.556. The second-order valence-corrected chi connectivity index (χ2v) is 4.41. The molecule has 0 aliphatic carbocycles. The van der Waals surface area contributed by atoms with Crippen LogP contribution in [0.5, 0.6) is 11.5 Å². The Morgan fingerprint density at radius 3 is 2.57 bits per heavy atom. The number of anilines is 1. The summed E-state index contributed by atoms with van der Waals surface area (Å²) in [6.07, 6.45) is 2.39. The van der Waals surface area contributed by atoms with Crippen LogP contribution in [0.3, 0.4) is 0 Å². The zero-order valence-electron chi connectivity index (χ0n) is 12.1. The molecule has 5 heteroatoms. The van der Waals surface area contributed by atoms with Crippen LogP contribution in [-0.2, 0) is 6.42 Å². The van der Waals surface area contributed by atoms with Crippen molar-refractivity contribution in [1.82, 2.24) is 4.98 Å². The van der Waals surface area contributed by atoms with E-state index in [1.54, 1.807) is 32.5 Å². The molecule has 0 radical (unpaired) electrons. The van der Waals surface area contributed by atoms with Crippen molar-refractivity contribution in [1.29, 1.82) is 5.26 Å². The Labute approximate surface area is 124 Å². The molecule has 0 spiro atoms. The van der Waals surface area contributed by atoms with Gasteiger partial charge in [0.1, 0.15) is 11.9 Å². The van der Waals surface area contributed by atoms with Crippen molar-refractivity contribution in [2.45, 2.75) is 6.42 Å². The number of hydrogen-bond donors (Lipinski definition) is 1. The van der Waals surface area contributed by atoms with Gasteiger partial charge in [-0.05, 0) is 36.2 Å². The van der Waals surface area contributed by atoms with Crippen LogP contribution in [-0.4, -0.2) is 25.7 Å². The minimum atomic E-state index is 0.556. The molecule has 1 aromatic carbocycles. The molecule has 2 rings (SSSR count). The molecule has 0 bridgehead atoms. The third kappa shape index (κ3) is 3.86. The fourth-order valence-corrected chi connectivity index (χ4v) is 1.94. The van der Waals surface area contributed by atoms with Crippen molar-refractivity contribution in [3.63, 3.8) is 0 Å². The van der Waals surface area contributed by atoms with Gasteiger partial charge in [-0.1, -0.05) is 6.07 Å². The molecule has 1 N–H and O–H groups in total. The van der Waals surface area contributed by atoms with Crippen molar-refractivity contribution >= 4 is 5.82 Å². The molecule has 0 atom stereocenters. The molecule has 21 heavy (non-hydrogen) atoms. The summed E-state index contributed by atoms with van der Waals surface area (Å²) < 4.78 is 10.5. The number of pyridine rings is 1. The number of aromatic nitrogens is 1. The topological polar surface area (TPSA) is 67.2 Å². The Morgan fingerprint density at radius 2 is 1.95 bits per heavy atom. The second-order valence-electron chi connectivity index (χ2n) is 4.41. The van der Waals surface area contributed by atoms with Crippen LogP contribution in [0.4, 0.5) is 5.82 Å². The summed E-state index contributed by atoms with van der Waals surface area (Å²) in [6.45, 7) is 0.744. The van der Waals surface area contributed by atoms with Gasteiger partial charge >= 0.3 is 0 Å². The zero-order valence-corrected chi connectivity index (χ0v) is 12.1. The molecule has 0 aliphatic heterocycles. The summed E-state index contributed by atoms with van der Waals surface area (Å²) in [5, 5.41) is 11.9. The molecular weight excluding hydrogens is 266 g/mol. The number of ether oxygens (including phenoxy) is 2. The Hall–Kier alpha value is -2.74. The molecule has 108 valence electrons. The van der Waals surface area contributed by atoms with Crippen molar-refractivity contribution < 1.29 is 9.47 Å². The predicted molar refractivity (Wildman–Crippen MR) is 80.7 cm³/mol. The highest BCUT2D eigenvalue weighted by Crippen LogP contribution is 2.27. The largest absolute Gasteiger partial charge is 0.493 e. The second kappa shape index (κ2) is 7.15. The predicted octanol–water partition coefficient (Wildman–Crippen LogP) is 2.63. The number of nitriles is 1. The summed E-state index contributed by atoms with van der Waals surface area (Å²) in [4.78, 5) is 4.16. The van der Waals surface area contributed by atoms with Crippen LogP contribution in [0.1, 0.15) is 11.1 Å². The van der Waals surface area contributed by atoms with Crippen LogP contribution in [0.25, 0.3) is 0 Å². The average Bonchev–Trinajstić information content (AvgIpc) is 2.55. The van der Waals surface area contributed by atoms with E-state index in [1.807, 2.05) is 24.3 Å². The van der Waals surface area contributed by atoms with Crippen LogP contribution >= 0.6 is 0 Å². The first-order chi connectivity index (χ1) is 10.3. The smallest absolute Gasteiger partial charge is 0.160 e. The van der Waals surface area contributed by atoms with Gasteiger partial charge in [0, 0.05) is 12.7 Å². The van der Waals surface area contributed by atoms with Gasteiger partial charge < -0.3 is 14.8 Å². The standard InChI is InChI=1S/C16H17N3O2/c1-20-14-5-3-12(9-15(14)21-2)7-8-18-16-6-4-13(10-17)11-19-16/h3-6,9,11H,7-8H2,1-2H3,(H,18,19). The highest BCUT2D eigenvalue weighted by atomic mass is 16.5. The van der Waals surface area contributed by atoms with Crippen molar-refractivity contribution in [3.8, 4) is 17.6 Å². The maximum Gasteiger partial charge on any atom is 0.160 e. The molecular formula is C16H17N3O2. The maximum absolute atomic E-state index is 8.71. The third-order valence-electron chi connectivity index (χ3n) is 3.06. The van der Waals surface area contributed by atoms with Gasteiger partial charge in [-0.3, -0.25) is 0 Å². The van der Waals surface area contributed by atoms with E-state index in [2.05, 4.69) is 10.3 Å². The van der Waals surface area contributed by atoms with E-state index >= 15 is 0 Å². The highest BCUT2D eigenvalue weighted by molar-refractivity contribution is 5.43. The number of nitrogens with one attached hydrogen (secondary N) is 1. The molecule has 0 saturated heterocycles. The lowest BCUT2D eigenvalue weighted by atomic mass is 10.1. The average molecular weight is 283 g/mol. The Bertz CT molecular complexity index is 633.